The Morgan fingerprint density at radius 1 is 1.14 bits per heavy atom. The first kappa shape index (κ1) is 29.4. The fraction of sp³-hybridized carbons (Fsp3) is 0.310. The van der Waals surface area contributed by atoms with Gasteiger partial charge in [-0.15, -0.1) is 0 Å². The van der Waals surface area contributed by atoms with Crippen molar-refractivity contribution < 1.29 is 27.9 Å². The minimum Gasteiger partial charge on any atom is -0.509 e. The van der Waals surface area contributed by atoms with Gasteiger partial charge in [0.05, 0.1) is 29.7 Å². The quantitative estimate of drug-likeness (QED) is 0.276. The van der Waals surface area contributed by atoms with Crippen LogP contribution < -0.4 is 21.7 Å². The van der Waals surface area contributed by atoms with Crippen molar-refractivity contribution in [2.45, 2.75) is 60.2 Å². The molecule has 0 radical (unpaired) electrons. The summed E-state index contributed by atoms with van der Waals surface area (Å²) in [6.45, 7) is 1.72. The summed E-state index contributed by atoms with van der Waals surface area (Å²) in [5.41, 5.74) is 10.9. The molecule has 5 rings (SSSR count). The first-order valence-electron chi connectivity index (χ1n) is 13.2. The van der Waals surface area contributed by atoms with E-state index in [9.17, 15) is 27.9 Å². The molecule has 0 unspecified atom stereocenters. The topological polar surface area (TPSA) is 147 Å². The second kappa shape index (κ2) is 11.3. The molecule has 1 aromatic heterocycles. The second-order valence-corrected chi connectivity index (χ2v) is 11.7. The molecule has 9 nitrogen and oxygen atoms in total. The zero-order chi connectivity index (χ0) is 30.2. The maximum Gasteiger partial charge on any atom is 0.419 e. The zero-order valence-electron chi connectivity index (χ0n) is 22.6. The number of hydrogen-bond donors (Lipinski definition) is 4. The number of para-hydroxylation sites is 1. The standard InChI is InChI=1S/C29H29F3N6O3S/c1-28(34)12-10-16(11-13-28)19-14-35-26(24(33)36-19)42-21-9-5-8-18(23(21)29(30,31)32)37-25(40)22-20(39)15-38(27(22)41)17-6-3-2-4-7-17/h2-9,14,16,39H,10-13,15,34H2,1H3,(H2,33,36)(H,37,40). The Bertz CT molecular complexity index is 1550. The zero-order valence-corrected chi connectivity index (χ0v) is 23.4. The van der Waals surface area contributed by atoms with Crippen LogP contribution in [0.25, 0.3) is 0 Å². The molecule has 0 bridgehead atoms. The average molecular weight is 599 g/mol. The summed E-state index contributed by atoms with van der Waals surface area (Å²) < 4.78 is 43.1. The van der Waals surface area contributed by atoms with Gasteiger partial charge in [-0.1, -0.05) is 36.0 Å². The Balaban J connectivity index is 1.38. The van der Waals surface area contributed by atoms with Gasteiger partial charge in [0.2, 0.25) is 0 Å². The highest BCUT2D eigenvalue weighted by Gasteiger charge is 2.40. The van der Waals surface area contributed by atoms with Gasteiger partial charge in [0.1, 0.15) is 16.4 Å². The normalized spacial score (nSPS) is 21.1. The number of carbonyl (C=O) groups excluding carboxylic acids is 2. The Kier molecular flexibility index (Phi) is 7.90. The molecule has 1 aliphatic heterocycles. The predicted octanol–water partition coefficient (Wildman–Crippen LogP) is 5.40. The number of anilines is 3. The van der Waals surface area contributed by atoms with Crippen molar-refractivity contribution in [1.82, 2.24) is 9.97 Å². The van der Waals surface area contributed by atoms with Crippen LogP contribution in [0.2, 0.25) is 0 Å². The van der Waals surface area contributed by atoms with Gasteiger partial charge in [0.25, 0.3) is 11.8 Å². The van der Waals surface area contributed by atoms with Crippen LogP contribution in [-0.4, -0.2) is 39.0 Å². The van der Waals surface area contributed by atoms with Gasteiger partial charge >= 0.3 is 6.18 Å². The smallest absolute Gasteiger partial charge is 0.419 e. The van der Waals surface area contributed by atoms with E-state index in [-0.39, 0.29) is 33.7 Å². The molecule has 3 aromatic rings. The van der Waals surface area contributed by atoms with Crippen LogP contribution in [0.15, 0.2) is 76.0 Å². The van der Waals surface area contributed by atoms with Crippen molar-refractivity contribution >= 4 is 40.8 Å². The lowest BCUT2D eigenvalue weighted by Crippen LogP contribution is -2.39. The number of alkyl halides is 3. The molecule has 1 saturated carbocycles. The van der Waals surface area contributed by atoms with Gasteiger partial charge < -0.3 is 26.8 Å². The number of amides is 2. The number of nitrogen functional groups attached to an aromatic ring is 1. The van der Waals surface area contributed by atoms with E-state index in [0.717, 1.165) is 36.6 Å². The fourth-order valence-corrected chi connectivity index (χ4v) is 6.10. The lowest BCUT2D eigenvalue weighted by molar-refractivity contribution is -0.139. The number of nitrogens with zero attached hydrogens (tertiary/aromatic N) is 3. The maximum absolute atomic E-state index is 14.4. The summed E-state index contributed by atoms with van der Waals surface area (Å²) >= 11 is 0.669. The summed E-state index contributed by atoms with van der Waals surface area (Å²) in [6, 6.07) is 11.9. The van der Waals surface area contributed by atoms with E-state index in [1.54, 1.807) is 30.3 Å². The molecule has 42 heavy (non-hydrogen) atoms. The Morgan fingerprint density at radius 2 is 1.83 bits per heavy atom. The average Bonchev–Trinajstić information content (AvgIpc) is 3.23. The number of aliphatic hydroxyl groups is 1. The molecule has 2 amide bonds. The van der Waals surface area contributed by atoms with Crippen molar-refractivity contribution in [2.24, 2.45) is 5.73 Å². The molecule has 1 aliphatic carbocycles. The number of hydrogen-bond acceptors (Lipinski definition) is 8. The molecular formula is C29H29F3N6O3S. The number of rotatable bonds is 6. The van der Waals surface area contributed by atoms with E-state index < -0.39 is 40.6 Å². The molecule has 220 valence electrons. The Hall–Kier alpha value is -4.10. The van der Waals surface area contributed by atoms with E-state index in [4.69, 9.17) is 11.5 Å². The second-order valence-electron chi connectivity index (χ2n) is 10.7. The van der Waals surface area contributed by atoms with Crippen molar-refractivity contribution in [3.8, 4) is 0 Å². The van der Waals surface area contributed by atoms with E-state index in [2.05, 4.69) is 15.3 Å². The van der Waals surface area contributed by atoms with E-state index in [1.807, 2.05) is 6.92 Å². The number of halogens is 3. The van der Waals surface area contributed by atoms with Gasteiger partial charge in [-0.05, 0) is 56.9 Å². The van der Waals surface area contributed by atoms with E-state index >= 15 is 0 Å². The SMILES string of the molecule is CC1(N)CCC(c2cnc(Sc3cccc(NC(=O)C4=C(O)CN(c5ccccc5)C4=O)c3C(F)(F)F)c(N)n2)CC1. The molecule has 0 spiro atoms. The van der Waals surface area contributed by atoms with Crippen LogP contribution in [-0.2, 0) is 15.8 Å². The monoisotopic (exact) mass is 598 g/mol. The lowest BCUT2D eigenvalue weighted by atomic mass is 9.77. The third kappa shape index (κ3) is 6.07. The predicted molar refractivity (Wildman–Crippen MR) is 153 cm³/mol. The number of carbonyl (C=O) groups is 2. The van der Waals surface area contributed by atoms with Gasteiger partial charge in [0.15, 0.2) is 5.82 Å². The van der Waals surface area contributed by atoms with Gasteiger partial charge in [-0.2, -0.15) is 13.2 Å². The van der Waals surface area contributed by atoms with Crippen molar-refractivity contribution in [3.05, 3.63) is 77.3 Å². The first-order chi connectivity index (χ1) is 19.8. The van der Waals surface area contributed by atoms with E-state index in [0.29, 0.717) is 23.1 Å². The molecule has 1 fully saturated rings. The first-order valence-corrected chi connectivity index (χ1v) is 14.1. The Labute approximate surface area is 244 Å². The number of aromatic nitrogens is 2. The molecular weight excluding hydrogens is 569 g/mol. The van der Waals surface area contributed by atoms with Crippen LogP contribution in [0.4, 0.5) is 30.4 Å². The van der Waals surface area contributed by atoms with Gasteiger partial charge in [-0.25, -0.2) is 9.97 Å². The largest absolute Gasteiger partial charge is 0.509 e. The number of benzene rings is 2. The third-order valence-electron chi connectivity index (χ3n) is 7.44. The highest BCUT2D eigenvalue weighted by atomic mass is 32.2. The summed E-state index contributed by atoms with van der Waals surface area (Å²) in [5.74, 6) is -2.42. The number of nitrogens with two attached hydrogens (primary N) is 2. The molecule has 13 heteroatoms. The van der Waals surface area contributed by atoms with Crippen molar-refractivity contribution in [2.75, 3.05) is 22.5 Å². The van der Waals surface area contributed by atoms with E-state index in [1.165, 1.54) is 18.3 Å². The maximum atomic E-state index is 14.4. The van der Waals surface area contributed by atoms with Gasteiger partial charge in [-0.3, -0.25) is 9.59 Å². The minimum absolute atomic E-state index is 0.00576. The number of aliphatic hydroxyl groups excluding tert-OH is 1. The van der Waals surface area contributed by atoms with Crippen molar-refractivity contribution in [1.29, 1.82) is 0 Å². The molecule has 0 atom stereocenters. The molecule has 0 saturated heterocycles. The van der Waals surface area contributed by atoms with Crippen molar-refractivity contribution in [3.63, 3.8) is 0 Å². The molecule has 2 aliphatic rings. The molecule has 6 N–H and O–H groups in total. The summed E-state index contributed by atoms with van der Waals surface area (Å²) in [5, 5.41) is 12.6. The highest BCUT2D eigenvalue weighted by molar-refractivity contribution is 7.99. The van der Waals surface area contributed by atoms with Crippen LogP contribution in [0, 0.1) is 0 Å². The van der Waals surface area contributed by atoms with Crippen LogP contribution in [0.5, 0.6) is 0 Å². The summed E-state index contributed by atoms with van der Waals surface area (Å²) in [6.07, 6.45) is -0.115. The molecule has 2 aromatic carbocycles. The van der Waals surface area contributed by atoms with Crippen LogP contribution in [0.1, 0.15) is 49.8 Å². The molecule has 2 heterocycles. The van der Waals surface area contributed by atoms with Crippen LogP contribution in [0.3, 0.4) is 0 Å². The highest BCUT2D eigenvalue weighted by Crippen LogP contribution is 2.45. The van der Waals surface area contributed by atoms with Crippen LogP contribution >= 0.6 is 11.8 Å². The minimum atomic E-state index is -4.89. The third-order valence-corrected chi connectivity index (χ3v) is 8.51. The lowest BCUT2D eigenvalue weighted by Gasteiger charge is -2.33. The fourth-order valence-electron chi connectivity index (χ4n) is 5.16. The summed E-state index contributed by atoms with van der Waals surface area (Å²) in [4.78, 5) is 35.6. The van der Waals surface area contributed by atoms with Gasteiger partial charge in [0, 0.05) is 22.0 Å². The Morgan fingerprint density at radius 3 is 2.48 bits per heavy atom. The summed E-state index contributed by atoms with van der Waals surface area (Å²) in [7, 11) is 0. The number of nitrogens with one attached hydrogen (secondary N) is 1.